The van der Waals surface area contributed by atoms with Gasteiger partial charge in [0.1, 0.15) is 0 Å². The van der Waals surface area contributed by atoms with Crippen LogP contribution in [0.1, 0.15) is 35.7 Å². The number of aromatic nitrogens is 1. The van der Waals surface area contributed by atoms with Crippen molar-refractivity contribution in [2.24, 2.45) is 0 Å². The van der Waals surface area contributed by atoms with Gasteiger partial charge in [-0.1, -0.05) is 36.4 Å². The van der Waals surface area contributed by atoms with Crippen molar-refractivity contribution < 1.29 is 4.79 Å². The van der Waals surface area contributed by atoms with E-state index in [0.29, 0.717) is 0 Å². The molecule has 4 nitrogen and oxygen atoms in total. The predicted octanol–water partition coefficient (Wildman–Crippen LogP) is 3.52. The quantitative estimate of drug-likeness (QED) is 0.785. The number of hydrogen-bond acceptors (Lipinski definition) is 3. The molecule has 2 heterocycles. The van der Waals surface area contributed by atoms with E-state index in [9.17, 15) is 4.79 Å². The molecule has 0 radical (unpaired) electrons. The highest BCUT2D eigenvalue weighted by Crippen LogP contribution is 2.31. The molecule has 1 aliphatic heterocycles. The van der Waals surface area contributed by atoms with Crippen molar-refractivity contribution in [1.29, 1.82) is 0 Å². The molecule has 0 saturated carbocycles. The van der Waals surface area contributed by atoms with Crippen molar-refractivity contribution in [3.8, 4) is 0 Å². The van der Waals surface area contributed by atoms with Crippen molar-refractivity contribution in [3.63, 3.8) is 0 Å². The number of likely N-dealkylation sites (tertiary alicyclic amines) is 1. The van der Waals surface area contributed by atoms with Crippen LogP contribution in [0.2, 0.25) is 0 Å². The standard InChI is InChI=1S/C21H25N3O/c1-23(2)16-18-10-12-19(22-15-18)20-9-6-14-24(20)21(25)13-11-17-7-4-3-5-8-17/h3-5,7-8,10-13,15,20H,6,9,14,16H2,1-2H3/b13-11+/t20-/m1/s1. The topological polar surface area (TPSA) is 36.4 Å². The van der Waals surface area contributed by atoms with Crippen LogP contribution >= 0.6 is 0 Å². The average molecular weight is 335 g/mol. The van der Waals surface area contributed by atoms with Gasteiger partial charge in [0.2, 0.25) is 5.91 Å². The first-order valence-corrected chi connectivity index (χ1v) is 8.77. The molecule has 1 aromatic heterocycles. The SMILES string of the molecule is CN(C)Cc1ccc([C@H]2CCCN2C(=O)/C=C/c2ccccc2)nc1. The predicted molar refractivity (Wildman–Crippen MR) is 101 cm³/mol. The van der Waals surface area contributed by atoms with E-state index in [1.54, 1.807) is 6.08 Å². The summed E-state index contributed by atoms with van der Waals surface area (Å²) in [4.78, 5) is 21.3. The first kappa shape index (κ1) is 17.4. The Balaban J connectivity index is 1.69. The van der Waals surface area contributed by atoms with Crippen LogP contribution in [0.15, 0.2) is 54.7 Å². The number of nitrogens with zero attached hydrogens (tertiary/aromatic N) is 3. The van der Waals surface area contributed by atoms with Crippen LogP contribution in [0.5, 0.6) is 0 Å². The number of rotatable bonds is 5. The lowest BCUT2D eigenvalue weighted by molar-refractivity contribution is -0.126. The van der Waals surface area contributed by atoms with Gasteiger partial charge >= 0.3 is 0 Å². The zero-order chi connectivity index (χ0) is 17.6. The average Bonchev–Trinajstić information content (AvgIpc) is 3.10. The van der Waals surface area contributed by atoms with E-state index in [1.807, 2.05) is 61.6 Å². The molecule has 1 aromatic carbocycles. The molecule has 130 valence electrons. The summed E-state index contributed by atoms with van der Waals surface area (Å²) < 4.78 is 0. The number of pyridine rings is 1. The third kappa shape index (κ3) is 4.54. The largest absolute Gasteiger partial charge is 0.331 e. The minimum Gasteiger partial charge on any atom is -0.331 e. The maximum atomic E-state index is 12.6. The molecule has 3 rings (SSSR count). The molecular formula is C21H25N3O. The van der Waals surface area contributed by atoms with Gasteiger partial charge in [0.25, 0.3) is 0 Å². The van der Waals surface area contributed by atoms with Crippen molar-refractivity contribution in [1.82, 2.24) is 14.8 Å². The van der Waals surface area contributed by atoms with Crippen molar-refractivity contribution in [2.75, 3.05) is 20.6 Å². The first-order chi connectivity index (χ1) is 12.1. The number of benzene rings is 1. The van der Waals surface area contributed by atoms with Gasteiger partial charge in [-0.25, -0.2) is 0 Å². The molecule has 0 bridgehead atoms. The molecule has 1 saturated heterocycles. The van der Waals surface area contributed by atoms with E-state index in [-0.39, 0.29) is 11.9 Å². The van der Waals surface area contributed by atoms with E-state index >= 15 is 0 Å². The zero-order valence-corrected chi connectivity index (χ0v) is 14.9. The van der Waals surface area contributed by atoms with Gasteiger partial charge in [-0.3, -0.25) is 9.78 Å². The summed E-state index contributed by atoms with van der Waals surface area (Å²) in [7, 11) is 4.09. The van der Waals surface area contributed by atoms with E-state index in [4.69, 9.17) is 0 Å². The van der Waals surface area contributed by atoms with Gasteiger partial charge in [-0.05, 0) is 50.2 Å². The summed E-state index contributed by atoms with van der Waals surface area (Å²) in [6.45, 7) is 1.67. The molecule has 1 aliphatic rings. The lowest BCUT2D eigenvalue weighted by atomic mass is 10.1. The number of amides is 1. The molecule has 25 heavy (non-hydrogen) atoms. The normalized spacial score (nSPS) is 17.6. The van der Waals surface area contributed by atoms with Crippen molar-refractivity contribution in [3.05, 3.63) is 71.6 Å². The van der Waals surface area contributed by atoms with Crippen molar-refractivity contribution in [2.45, 2.75) is 25.4 Å². The van der Waals surface area contributed by atoms with Gasteiger partial charge in [0.15, 0.2) is 0 Å². The van der Waals surface area contributed by atoms with Crippen molar-refractivity contribution >= 4 is 12.0 Å². The van der Waals surface area contributed by atoms with Gasteiger partial charge in [-0.2, -0.15) is 0 Å². The van der Waals surface area contributed by atoms with Crippen LogP contribution in [0.25, 0.3) is 6.08 Å². The number of carbonyl (C=O) groups excluding carboxylic acids is 1. The summed E-state index contributed by atoms with van der Waals surface area (Å²) >= 11 is 0. The van der Waals surface area contributed by atoms with Crippen LogP contribution in [0.3, 0.4) is 0 Å². The Bertz CT molecular complexity index is 723. The Labute approximate surface area is 149 Å². The summed E-state index contributed by atoms with van der Waals surface area (Å²) in [5.41, 5.74) is 3.22. The first-order valence-electron chi connectivity index (χ1n) is 8.77. The Hall–Kier alpha value is -2.46. The Kier molecular flexibility index (Phi) is 5.61. The van der Waals surface area contributed by atoms with E-state index in [1.165, 1.54) is 5.56 Å². The molecule has 1 amide bonds. The van der Waals surface area contributed by atoms with Crippen LogP contribution in [0.4, 0.5) is 0 Å². The molecule has 0 unspecified atom stereocenters. The smallest absolute Gasteiger partial charge is 0.247 e. The van der Waals surface area contributed by atoms with Crippen LogP contribution in [-0.4, -0.2) is 41.3 Å². The molecule has 1 atom stereocenters. The molecule has 1 fully saturated rings. The highest BCUT2D eigenvalue weighted by molar-refractivity contribution is 5.92. The fourth-order valence-corrected chi connectivity index (χ4v) is 3.26. The summed E-state index contributed by atoms with van der Waals surface area (Å²) in [5, 5.41) is 0. The molecule has 2 aromatic rings. The fourth-order valence-electron chi connectivity index (χ4n) is 3.26. The number of hydrogen-bond donors (Lipinski definition) is 0. The maximum absolute atomic E-state index is 12.6. The third-order valence-corrected chi connectivity index (χ3v) is 4.44. The third-order valence-electron chi connectivity index (χ3n) is 4.44. The van der Waals surface area contributed by atoms with E-state index < -0.39 is 0 Å². The maximum Gasteiger partial charge on any atom is 0.247 e. The number of carbonyl (C=O) groups is 1. The Morgan fingerprint density at radius 2 is 2.04 bits per heavy atom. The zero-order valence-electron chi connectivity index (χ0n) is 14.9. The monoisotopic (exact) mass is 335 g/mol. The van der Waals surface area contributed by atoms with Gasteiger partial charge in [0.05, 0.1) is 11.7 Å². The van der Waals surface area contributed by atoms with E-state index in [0.717, 1.165) is 37.2 Å². The van der Waals surface area contributed by atoms with E-state index in [2.05, 4.69) is 22.0 Å². The Morgan fingerprint density at radius 1 is 1.24 bits per heavy atom. The molecule has 0 N–H and O–H groups in total. The Morgan fingerprint density at radius 3 is 2.72 bits per heavy atom. The van der Waals surface area contributed by atoms with Crippen LogP contribution in [0, 0.1) is 0 Å². The minimum atomic E-state index is 0.0607. The second kappa shape index (κ2) is 8.08. The van der Waals surface area contributed by atoms with Gasteiger partial charge in [-0.15, -0.1) is 0 Å². The van der Waals surface area contributed by atoms with Crippen LogP contribution < -0.4 is 0 Å². The molecule has 4 heteroatoms. The molecule has 0 aliphatic carbocycles. The fraction of sp³-hybridized carbons (Fsp3) is 0.333. The lowest BCUT2D eigenvalue weighted by Crippen LogP contribution is -2.29. The molecule has 0 spiro atoms. The van der Waals surface area contributed by atoms with Gasteiger partial charge in [0, 0.05) is 25.4 Å². The highest BCUT2D eigenvalue weighted by Gasteiger charge is 2.29. The van der Waals surface area contributed by atoms with Gasteiger partial charge < -0.3 is 9.80 Å². The second-order valence-corrected chi connectivity index (χ2v) is 6.76. The van der Waals surface area contributed by atoms with Crippen LogP contribution in [-0.2, 0) is 11.3 Å². The highest BCUT2D eigenvalue weighted by atomic mass is 16.2. The summed E-state index contributed by atoms with van der Waals surface area (Å²) in [6.07, 6.45) is 7.48. The summed E-state index contributed by atoms with van der Waals surface area (Å²) in [5.74, 6) is 0.0607. The second-order valence-electron chi connectivity index (χ2n) is 6.76. The lowest BCUT2D eigenvalue weighted by Gasteiger charge is -2.23. The summed E-state index contributed by atoms with van der Waals surface area (Å²) in [6, 6.07) is 14.2. The minimum absolute atomic E-state index is 0.0607. The molecular weight excluding hydrogens is 310 g/mol.